The summed E-state index contributed by atoms with van der Waals surface area (Å²) in [5.74, 6) is -0.667. The van der Waals surface area contributed by atoms with Gasteiger partial charge in [0.15, 0.2) is 5.82 Å². The summed E-state index contributed by atoms with van der Waals surface area (Å²) in [7, 11) is 1.36. The van der Waals surface area contributed by atoms with Crippen LogP contribution < -0.4 is 15.8 Å². The van der Waals surface area contributed by atoms with E-state index in [1.54, 1.807) is 0 Å². The van der Waals surface area contributed by atoms with Crippen LogP contribution in [0.15, 0.2) is 29.5 Å². The van der Waals surface area contributed by atoms with Gasteiger partial charge in [0, 0.05) is 0 Å². The van der Waals surface area contributed by atoms with Gasteiger partial charge in [-0.3, -0.25) is 0 Å². The van der Waals surface area contributed by atoms with E-state index in [1.807, 2.05) is 0 Å². The molecule has 1 aromatic carbocycles. The smallest absolute Gasteiger partial charge is 0.258 e. The maximum absolute atomic E-state index is 14.7. The Balaban J connectivity index is 2.19. The zero-order valence-corrected chi connectivity index (χ0v) is 14.4. The highest BCUT2D eigenvalue weighted by molar-refractivity contribution is 5.87. The number of hydrogen-bond acceptors (Lipinski definition) is 7. The molecule has 4 N–H and O–H groups in total. The van der Waals surface area contributed by atoms with E-state index in [4.69, 9.17) is 16.0 Å². The van der Waals surface area contributed by atoms with Gasteiger partial charge in [-0.15, -0.1) is 5.10 Å². The van der Waals surface area contributed by atoms with Crippen molar-refractivity contribution in [1.29, 1.82) is 5.53 Å². The van der Waals surface area contributed by atoms with E-state index in [-0.39, 0.29) is 34.3 Å². The van der Waals surface area contributed by atoms with Gasteiger partial charge in [-0.05, 0) is 24.6 Å². The molecule has 142 valence electrons. The van der Waals surface area contributed by atoms with Crippen molar-refractivity contribution in [1.82, 2.24) is 14.6 Å². The van der Waals surface area contributed by atoms with Crippen LogP contribution in [0.2, 0.25) is 0 Å². The minimum atomic E-state index is -2.63. The molecule has 3 rings (SSSR count). The van der Waals surface area contributed by atoms with Crippen molar-refractivity contribution >= 4 is 22.8 Å². The molecule has 27 heavy (non-hydrogen) atoms. The second kappa shape index (κ2) is 7.09. The lowest BCUT2D eigenvalue weighted by molar-refractivity contribution is 0.131. The standard InChI is InChI=1S/C16H16F3N7O/c1-7(14(18)19)22-11-5-8(3-4-10(11)24-21)12-9(17)6-26-13(12)15(27-2)23-16(20)25-26/h3-7,14,21-22H,1-2H3,(H2,20,25)/t7-/m1/s1. The number of ether oxygens (including phenoxy) is 1. The van der Waals surface area contributed by atoms with Crippen LogP contribution in [-0.2, 0) is 0 Å². The molecule has 0 aliphatic carbocycles. The third-order valence-electron chi connectivity index (χ3n) is 3.93. The molecule has 11 heteroatoms. The van der Waals surface area contributed by atoms with Gasteiger partial charge in [-0.25, -0.2) is 23.2 Å². The third-order valence-corrected chi connectivity index (χ3v) is 3.93. The van der Waals surface area contributed by atoms with Crippen molar-refractivity contribution in [2.75, 3.05) is 18.2 Å². The van der Waals surface area contributed by atoms with Crippen LogP contribution in [0.4, 0.5) is 30.5 Å². The summed E-state index contributed by atoms with van der Waals surface area (Å²) in [6.07, 6.45) is -1.51. The highest BCUT2D eigenvalue weighted by atomic mass is 19.3. The van der Waals surface area contributed by atoms with Gasteiger partial charge in [0.05, 0.1) is 30.6 Å². The van der Waals surface area contributed by atoms with Gasteiger partial charge >= 0.3 is 0 Å². The van der Waals surface area contributed by atoms with Crippen molar-refractivity contribution in [2.24, 2.45) is 5.11 Å². The summed E-state index contributed by atoms with van der Waals surface area (Å²) >= 11 is 0. The predicted octanol–water partition coefficient (Wildman–Crippen LogP) is 3.85. The number of nitrogens with zero attached hydrogens (tertiary/aromatic N) is 4. The summed E-state index contributed by atoms with van der Waals surface area (Å²) in [5, 5.41) is 9.83. The number of nitrogens with one attached hydrogen (secondary N) is 2. The van der Waals surface area contributed by atoms with E-state index >= 15 is 0 Å². The monoisotopic (exact) mass is 379 g/mol. The Morgan fingerprint density at radius 3 is 2.74 bits per heavy atom. The molecule has 3 aromatic rings. The van der Waals surface area contributed by atoms with Gasteiger partial charge in [-0.2, -0.15) is 10.1 Å². The van der Waals surface area contributed by atoms with Crippen molar-refractivity contribution in [2.45, 2.75) is 19.4 Å². The highest BCUT2D eigenvalue weighted by Crippen LogP contribution is 2.37. The molecule has 0 radical (unpaired) electrons. The predicted molar refractivity (Wildman–Crippen MR) is 93.2 cm³/mol. The van der Waals surface area contributed by atoms with Crippen LogP contribution in [0.3, 0.4) is 0 Å². The van der Waals surface area contributed by atoms with Crippen LogP contribution in [-0.4, -0.2) is 34.2 Å². The van der Waals surface area contributed by atoms with Crippen LogP contribution in [0.25, 0.3) is 16.6 Å². The molecular formula is C16H16F3N7O. The number of anilines is 2. The summed E-state index contributed by atoms with van der Waals surface area (Å²) in [5.41, 5.74) is 13.8. The number of nitrogens with two attached hydrogens (primary N) is 1. The molecule has 0 amide bonds. The molecule has 2 aromatic heterocycles. The number of rotatable bonds is 6. The first-order valence-corrected chi connectivity index (χ1v) is 7.80. The van der Waals surface area contributed by atoms with Crippen LogP contribution in [0.1, 0.15) is 6.92 Å². The summed E-state index contributed by atoms with van der Waals surface area (Å²) in [4.78, 5) is 3.94. The number of aromatic nitrogens is 3. The Hall–Kier alpha value is -3.37. The molecule has 0 fully saturated rings. The van der Waals surface area contributed by atoms with Crippen molar-refractivity contribution in [3.8, 4) is 17.0 Å². The van der Waals surface area contributed by atoms with E-state index in [2.05, 4.69) is 20.5 Å². The number of methoxy groups -OCH3 is 1. The molecule has 0 aliphatic rings. The third kappa shape index (κ3) is 3.35. The Bertz CT molecular complexity index is 1010. The largest absolute Gasteiger partial charge is 0.479 e. The fourth-order valence-corrected chi connectivity index (χ4v) is 2.67. The Morgan fingerprint density at radius 2 is 2.11 bits per heavy atom. The van der Waals surface area contributed by atoms with Crippen molar-refractivity contribution < 1.29 is 17.9 Å². The fourth-order valence-electron chi connectivity index (χ4n) is 2.67. The topological polar surface area (TPSA) is 114 Å². The van der Waals surface area contributed by atoms with E-state index in [1.165, 1.54) is 36.7 Å². The average molecular weight is 379 g/mol. The molecule has 1 atom stereocenters. The molecule has 0 spiro atoms. The highest BCUT2D eigenvalue weighted by Gasteiger charge is 2.21. The molecule has 0 unspecified atom stereocenters. The zero-order valence-electron chi connectivity index (χ0n) is 14.4. The quantitative estimate of drug-likeness (QED) is 0.563. The first kappa shape index (κ1) is 18.4. The maximum Gasteiger partial charge on any atom is 0.258 e. The second-order valence-corrected chi connectivity index (χ2v) is 5.74. The molecule has 8 nitrogen and oxygen atoms in total. The molecule has 0 saturated heterocycles. The van der Waals surface area contributed by atoms with Crippen molar-refractivity contribution in [3.05, 3.63) is 30.2 Å². The zero-order chi connectivity index (χ0) is 19.7. The van der Waals surface area contributed by atoms with E-state index in [0.29, 0.717) is 5.56 Å². The van der Waals surface area contributed by atoms with Crippen LogP contribution in [0.5, 0.6) is 5.88 Å². The molecule has 0 aliphatic heterocycles. The number of halogens is 3. The Kier molecular flexibility index (Phi) is 4.84. The SMILES string of the molecule is COc1nc(N)nn2cc(F)c(-c3ccc(N=N)c(N[C@H](C)C(F)F)c3)c12. The normalized spacial score (nSPS) is 12.4. The first-order valence-electron chi connectivity index (χ1n) is 7.80. The number of hydrogen-bond donors (Lipinski definition) is 3. The Labute approximate surface area is 151 Å². The molecule has 0 bridgehead atoms. The van der Waals surface area contributed by atoms with Gasteiger partial charge in [0.2, 0.25) is 11.8 Å². The number of alkyl halides is 2. The molecular weight excluding hydrogens is 363 g/mol. The molecule has 0 saturated carbocycles. The Morgan fingerprint density at radius 1 is 1.37 bits per heavy atom. The second-order valence-electron chi connectivity index (χ2n) is 5.74. The lowest BCUT2D eigenvalue weighted by atomic mass is 10.0. The maximum atomic E-state index is 14.7. The van der Waals surface area contributed by atoms with Gasteiger partial charge in [-0.1, -0.05) is 6.07 Å². The number of fused-ring (bicyclic) bond motifs is 1. The number of nitrogen functional groups attached to an aromatic ring is 1. The van der Waals surface area contributed by atoms with E-state index in [0.717, 1.165) is 6.20 Å². The van der Waals surface area contributed by atoms with Crippen LogP contribution >= 0.6 is 0 Å². The first-order chi connectivity index (χ1) is 12.8. The number of benzene rings is 1. The summed E-state index contributed by atoms with van der Waals surface area (Å²) < 4.78 is 46.8. The lowest BCUT2D eigenvalue weighted by Crippen LogP contribution is -2.23. The minimum absolute atomic E-state index is 0.0612. The van der Waals surface area contributed by atoms with E-state index in [9.17, 15) is 13.2 Å². The average Bonchev–Trinajstić information content (AvgIpc) is 2.96. The summed E-state index contributed by atoms with van der Waals surface area (Å²) in [6.45, 7) is 1.29. The van der Waals surface area contributed by atoms with E-state index < -0.39 is 18.3 Å². The summed E-state index contributed by atoms with van der Waals surface area (Å²) in [6, 6.07) is 3.19. The minimum Gasteiger partial charge on any atom is -0.479 e. The van der Waals surface area contributed by atoms with Gasteiger partial charge in [0.25, 0.3) is 6.43 Å². The van der Waals surface area contributed by atoms with Crippen LogP contribution in [0, 0.1) is 11.3 Å². The van der Waals surface area contributed by atoms with Gasteiger partial charge < -0.3 is 15.8 Å². The van der Waals surface area contributed by atoms with Gasteiger partial charge in [0.1, 0.15) is 11.2 Å². The van der Waals surface area contributed by atoms with Crippen molar-refractivity contribution in [3.63, 3.8) is 0 Å². The fraction of sp³-hybridized carbons (Fsp3) is 0.250. The molecule has 2 heterocycles. The lowest BCUT2D eigenvalue weighted by Gasteiger charge is -2.16.